The second-order valence-corrected chi connectivity index (χ2v) is 4.19. The summed E-state index contributed by atoms with van der Waals surface area (Å²) in [7, 11) is -10.6. The molecular weight excluding hydrogens is 324 g/mol. The van der Waals surface area contributed by atoms with Gasteiger partial charge in [0.2, 0.25) is 0 Å². The van der Waals surface area contributed by atoms with Crippen LogP contribution in [0.1, 0.15) is 0 Å². The fourth-order valence-corrected chi connectivity index (χ4v) is 0. The van der Waals surface area contributed by atoms with Crippen molar-refractivity contribution >= 4 is 20.2 Å². The van der Waals surface area contributed by atoms with Crippen LogP contribution in [-0.2, 0) is 37.3 Å². The maximum absolute atomic E-state index is 10.6. The van der Waals surface area contributed by atoms with Gasteiger partial charge in [-0.05, 0) is 0 Å². The fraction of sp³-hybridized carbons (Fsp3) is 1.00. The van der Waals surface area contributed by atoms with Crippen molar-refractivity contribution in [3.8, 4) is 0 Å². The molecular formula is C2H2CuF4O6S2. The SMILES string of the molecule is O=S(=O)([O-])C(F)F.O=S(=O)([O-])C(F)F.[Cu+2]. The quantitative estimate of drug-likeness (QED) is 0.384. The van der Waals surface area contributed by atoms with Crippen molar-refractivity contribution in [2.24, 2.45) is 0 Å². The zero-order chi connectivity index (χ0) is 12.2. The molecule has 0 rings (SSSR count). The third kappa shape index (κ3) is 14.1. The second-order valence-electron chi connectivity index (χ2n) is 1.51. The van der Waals surface area contributed by atoms with Crippen molar-refractivity contribution < 1.29 is 60.6 Å². The molecule has 0 aromatic carbocycles. The van der Waals surface area contributed by atoms with Gasteiger partial charge in [0, 0.05) is 0 Å². The molecule has 0 aliphatic carbocycles. The average molecular weight is 326 g/mol. The number of hydrogen-bond donors (Lipinski definition) is 0. The van der Waals surface area contributed by atoms with E-state index in [9.17, 15) is 17.6 Å². The summed E-state index contributed by atoms with van der Waals surface area (Å²) in [6.07, 6.45) is 0. The molecule has 0 heterocycles. The number of rotatable bonds is 2. The molecule has 0 aromatic rings. The van der Waals surface area contributed by atoms with Crippen molar-refractivity contribution in [3.63, 3.8) is 0 Å². The molecule has 15 heavy (non-hydrogen) atoms. The van der Waals surface area contributed by atoms with E-state index in [2.05, 4.69) is 0 Å². The first-order valence-corrected chi connectivity index (χ1v) is 5.29. The molecule has 0 N–H and O–H groups in total. The number of alkyl halides is 4. The topological polar surface area (TPSA) is 114 Å². The monoisotopic (exact) mass is 325 g/mol. The van der Waals surface area contributed by atoms with Gasteiger partial charge in [-0.2, -0.15) is 17.6 Å². The predicted octanol–water partition coefficient (Wildman–Crippen LogP) is -0.494. The molecule has 97 valence electrons. The van der Waals surface area contributed by atoms with Crippen LogP contribution in [0.3, 0.4) is 0 Å². The molecule has 0 aliphatic rings. The van der Waals surface area contributed by atoms with E-state index in [0.29, 0.717) is 0 Å². The molecule has 13 heteroatoms. The van der Waals surface area contributed by atoms with E-state index < -0.39 is 31.8 Å². The van der Waals surface area contributed by atoms with Crippen LogP contribution in [0.25, 0.3) is 0 Å². The molecule has 0 saturated heterocycles. The van der Waals surface area contributed by atoms with Gasteiger partial charge in [-0.25, -0.2) is 16.8 Å². The predicted molar refractivity (Wildman–Crippen MR) is 31.4 cm³/mol. The Morgan fingerprint density at radius 2 is 0.800 bits per heavy atom. The maximum atomic E-state index is 10.6. The fourth-order valence-electron chi connectivity index (χ4n) is 0. The third-order valence-corrected chi connectivity index (χ3v) is 1.31. The summed E-state index contributed by atoms with van der Waals surface area (Å²) < 4.78 is 96.7. The van der Waals surface area contributed by atoms with Gasteiger partial charge in [0.05, 0.1) is 0 Å². The van der Waals surface area contributed by atoms with Crippen LogP contribution in [0.2, 0.25) is 0 Å². The molecule has 0 atom stereocenters. The molecule has 1 radical (unpaired) electrons. The minimum atomic E-state index is -5.32. The summed E-state index contributed by atoms with van der Waals surface area (Å²) in [5, 5.41) is 0. The van der Waals surface area contributed by atoms with Gasteiger partial charge in [0.25, 0.3) is 0 Å². The Morgan fingerprint density at radius 3 is 0.800 bits per heavy atom. The van der Waals surface area contributed by atoms with Gasteiger partial charge in [-0.3, -0.25) is 0 Å². The van der Waals surface area contributed by atoms with E-state index in [1.54, 1.807) is 0 Å². The molecule has 0 fully saturated rings. The van der Waals surface area contributed by atoms with Crippen molar-refractivity contribution in [3.05, 3.63) is 0 Å². The summed E-state index contributed by atoms with van der Waals surface area (Å²) in [5.74, 6) is -7.57. The summed E-state index contributed by atoms with van der Waals surface area (Å²) in [4.78, 5) is 0. The molecule has 0 amide bonds. The van der Waals surface area contributed by atoms with Crippen molar-refractivity contribution in [1.82, 2.24) is 0 Å². The van der Waals surface area contributed by atoms with Gasteiger partial charge >= 0.3 is 28.6 Å². The largest absolute Gasteiger partial charge is 2.00 e. The first-order valence-electron chi connectivity index (χ1n) is 2.34. The minimum Gasteiger partial charge on any atom is -0.744 e. The van der Waals surface area contributed by atoms with Crippen LogP contribution >= 0.6 is 0 Å². The average Bonchev–Trinajstić information content (AvgIpc) is 1.83. The van der Waals surface area contributed by atoms with E-state index in [4.69, 9.17) is 25.9 Å². The van der Waals surface area contributed by atoms with Gasteiger partial charge in [-0.15, -0.1) is 0 Å². The van der Waals surface area contributed by atoms with Crippen LogP contribution in [0.15, 0.2) is 0 Å². The first-order chi connectivity index (χ1) is 5.89. The van der Waals surface area contributed by atoms with Crippen LogP contribution in [0, 0.1) is 0 Å². The Bertz CT molecular complexity index is 311. The Balaban J connectivity index is -0.000000180. The smallest absolute Gasteiger partial charge is 0.744 e. The minimum absolute atomic E-state index is 0. The standard InChI is InChI=1S/2CH2F2O3S.Cu/c2*2-1(3)7(4,5)6;/h2*1H,(H,4,5,6);/q;;+2/p-2. The van der Waals surface area contributed by atoms with Crippen molar-refractivity contribution in [1.29, 1.82) is 0 Å². The van der Waals surface area contributed by atoms with Crippen LogP contribution in [0.5, 0.6) is 0 Å². The third-order valence-electron chi connectivity index (χ3n) is 0.436. The molecule has 6 nitrogen and oxygen atoms in total. The Labute approximate surface area is 92.6 Å². The van der Waals surface area contributed by atoms with E-state index in [1.165, 1.54) is 0 Å². The van der Waals surface area contributed by atoms with Crippen molar-refractivity contribution in [2.75, 3.05) is 0 Å². The van der Waals surface area contributed by atoms with E-state index >= 15 is 0 Å². The molecule has 0 unspecified atom stereocenters. The molecule has 0 aromatic heterocycles. The van der Waals surface area contributed by atoms with E-state index in [-0.39, 0.29) is 17.1 Å². The molecule has 0 saturated carbocycles. The zero-order valence-electron chi connectivity index (χ0n) is 6.23. The summed E-state index contributed by atoms with van der Waals surface area (Å²) in [6, 6.07) is 0. The van der Waals surface area contributed by atoms with Gasteiger partial charge < -0.3 is 9.11 Å². The van der Waals surface area contributed by atoms with E-state index in [1.807, 2.05) is 0 Å². The first kappa shape index (κ1) is 20.5. The van der Waals surface area contributed by atoms with Crippen molar-refractivity contribution in [2.45, 2.75) is 11.5 Å². The van der Waals surface area contributed by atoms with Gasteiger partial charge in [0.1, 0.15) is 0 Å². The summed E-state index contributed by atoms with van der Waals surface area (Å²) in [6.45, 7) is 0. The summed E-state index contributed by atoms with van der Waals surface area (Å²) >= 11 is 0. The van der Waals surface area contributed by atoms with Crippen LogP contribution in [0.4, 0.5) is 17.6 Å². The second kappa shape index (κ2) is 7.35. The Morgan fingerprint density at radius 1 is 0.733 bits per heavy atom. The van der Waals surface area contributed by atoms with Gasteiger partial charge in [0.15, 0.2) is 20.2 Å². The molecule has 0 spiro atoms. The van der Waals surface area contributed by atoms with Gasteiger partial charge in [-0.1, -0.05) is 0 Å². The molecule has 0 bridgehead atoms. The van der Waals surface area contributed by atoms with E-state index in [0.717, 1.165) is 0 Å². The molecule has 0 aliphatic heterocycles. The number of hydrogen-bond acceptors (Lipinski definition) is 6. The Kier molecular flexibility index (Phi) is 10.0. The normalized spacial score (nSPS) is 11.7. The Hall–Kier alpha value is 0.0595. The van der Waals surface area contributed by atoms with Crippen LogP contribution in [-0.4, -0.2) is 37.5 Å². The maximum Gasteiger partial charge on any atom is 2.00 e. The number of halogens is 4. The zero-order valence-corrected chi connectivity index (χ0v) is 8.81. The summed E-state index contributed by atoms with van der Waals surface area (Å²) in [5.41, 5.74) is 0. The van der Waals surface area contributed by atoms with Crippen LogP contribution < -0.4 is 0 Å².